The monoisotopic (exact) mass is 732 g/mol. The van der Waals surface area contributed by atoms with Crippen LogP contribution in [0.25, 0.3) is 109 Å². The molecule has 0 aliphatic heterocycles. The van der Waals surface area contributed by atoms with Crippen LogP contribution in [0, 0.1) is 0 Å². The van der Waals surface area contributed by atoms with E-state index in [-0.39, 0.29) is 0 Å². The van der Waals surface area contributed by atoms with Gasteiger partial charge in [-0.2, -0.15) is 0 Å². The van der Waals surface area contributed by atoms with Crippen LogP contribution in [0.4, 0.5) is 0 Å². The summed E-state index contributed by atoms with van der Waals surface area (Å²) in [4.78, 5) is 10.5. The number of benzene rings is 8. The fourth-order valence-corrected chi connectivity index (χ4v) is 9.22. The average Bonchev–Trinajstić information content (AvgIpc) is 3.86. The molecule has 0 bridgehead atoms. The molecule has 56 heavy (non-hydrogen) atoms. The predicted molar refractivity (Wildman–Crippen MR) is 235 cm³/mol. The summed E-state index contributed by atoms with van der Waals surface area (Å²) in [6, 6.07) is 68.6. The van der Waals surface area contributed by atoms with Gasteiger partial charge in [0.05, 0.1) is 11.4 Å². The molecule has 0 spiro atoms. The molecule has 11 rings (SSSR count). The minimum Gasteiger partial charge on any atom is -0.455 e. The van der Waals surface area contributed by atoms with Crippen LogP contribution in [0.2, 0.25) is 0 Å². The van der Waals surface area contributed by atoms with Crippen molar-refractivity contribution < 1.29 is 4.42 Å². The van der Waals surface area contributed by atoms with E-state index in [9.17, 15) is 0 Å². The molecule has 3 aromatic heterocycles. The Balaban J connectivity index is 1.17. The van der Waals surface area contributed by atoms with Crippen molar-refractivity contribution in [2.24, 2.45) is 0 Å². The molecule has 0 unspecified atom stereocenters. The molecule has 0 fully saturated rings. The Labute approximate surface area is 327 Å². The summed E-state index contributed by atoms with van der Waals surface area (Å²) in [5, 5.41) is 4.72. The SMILES string of the molecule is c1ccc(-c2cccc(-c3cc(-c4cc(-c5cccc6c5oc5ccccc56)nc(-c5ccccc5)n4)cc(-c4cccc5c4sc4ccccc45)c3)c2)cc1. The summed E-state index contributed by atoms with van der Waals surface area (Å²) in [6.45, 7) is 0. The molecule has 3 nitrogen and oxygen atoms in total. The first-order chi connectivity index (χ1) is 27.7. The van der Waals surface area contributed by atoms with Gasteiger partial charge in [0.2, 0.25) is 0 Å². The average molecular weight is 733 g/mol. The van der Waals surface area contributed by atoms with E-state index in [2.05, 4.69) is 164 Å². The van der Waals surface area contributed by atoms with Crippen molar-refractivity contribution in [3.8, 4) is 67.3 Å². The van der Waals surface area contributed by atoms with Gasteiger partial charge < -0.3 is 4.42 Å². The van der Waals surface area contributed by atoms with Gasteiger partial charge >= 0.3 is 0 Å². The van der Waals surface area contributed by atoms with Crippen LogP contribution in [0.5, 0.6) is 0 Å². The van der Waals surface area contributed by atoms with Gasteiger partial charge in [-0.25, -0.2) is 9.97 Å². The Morgan fingerprint density at radius 3 is 1.77 bits per heavy atom. The van der Waals surface area contributed by atoms with Crippen molar-refractivity contribution in [3.05, 3.63) is 194 Å². The molecule has 0 aliphatic carbocycles. The van der Waals surface area contributed by atoms with E-state index in [1.165, 1.54) is 36.9 Å². The first kappa shape index (κ1) is 32.3. The van der Waals surface area contributed by atoms with Crippen LogP contribution >= 0.6 is 11.3 Å². The maximum atomic E-state index is 6.54. The zero-order valence-corrected chi connectivity index (χ0v) is 31.0. The normalized spacial score (nSPS) is 11.6. The van der Waals surface area contributed by atoms with Crippen LogP contribution in [0.1, 0.15) is 0 Å². The fraction of sp³-hybridized carbons (Fsp3) is 0. The van der Waals surface area contributed by atoms with Gasteiger partial charge in [-0.15, -0.1) is 11.3 Å². The minimum absolute atomic E-state index is 0.663. The molecule has 0 saturated carbocycles. The van der Waals surface area contributed by atoms with Crippen LogP contribution < -0.4 is 0 Å². The largest absolute Gasteiger partial charge is 0.455 e. The van der Waals surface area contributed by atoms with Crippen LogP contribution in [-0.2, 0) is 0 Å². The van der Waals surface area contributed by atoms with E-state index in [0.29, 0.717) is 5.82 Å². The third kappa shape index (κ3) is 5.58. The molecule has 0 amide bonds. The number of rotatable bonds is 6. The Bertz CT molecular complexity index is 3250. The Morgan fingerprint density at radius 2 is 0.929 bits per heavy atom. The lowest BCUT2D eigenvalue weighted by molar-refractivity contribution is 0.670. The summed E-state index contributed by atoms with van der Waals surface area (Å²) in [5.74, 6) is 0.663. The third-order valence-electron chi connectivity index (χ3n) is 10.7. The molecule has 0 atom stereocenters. The minimum atomic E-state index is 0.663. The molecule has 8 aromatic carbocycles. The lowest BCUT2D eigenvalue weighted by Gasteiger charge is -2.14. The van der Waals surface area contributed by atoms with Gasteiger partial charge in [0.25, 0.3) is 0 Å². The Hall–Kier alpha value is -7.14. The van der Waals surface area contributed by atoms with Gasteiger partial charge in [0.15, 0.2) is 5.82 Å². The van der Waals surface area contributed by atoms with Crippen LogP contribution in [-0.4, -0.2) is 9.97 Å². The molecular formula is C52H32N2OS. The number of furan rings is 1. The van der Waals surface area contributed by atoms with E-state index in [0.717, 1.165) is 66.7 Å². The number of fused-ring (bicyclic) bond motifs is 6. The summed E-state index contributed by atoms with van der Waals surface area (Å²) < 4.78 is 9.10. The number of thiophene rings is 1. The van der Waals surface area contributed by atoms with Crippen molar-refractivity contribution in [1.82, 2.24) is 9.97 Å². The number of aromatic nitrogens is 2. The van der Waals surface area contributed by atoms with Gasteiger partial charge in [-0.3, -0.25) is 0 Å². The molecule has 0 aliphatic rings. The van der Waals surface area contributed by atoms with Crippen molar-refractivity contribution in [1.29, 1.82) is 0 Å². The smallest absolute Gasteiger partial charge is 0.160 e. The highest BCUT2D eigenvalue weighted by Crippen LogP contribution is 2.43. The molecule has 11 aromatic rings. The highest BCUT2D eigenvalue weighted by molar-refractivity contribution is 7.26. The topological polar surface area (TPSA) is 38.9 Å². The zero-order valence-electron chi connectivity index (χ0n) is 30.2. The molecule has 3 heterocycles. The molecule has 0 radical (unpaired) electrons. The lowest BCUT2D eigenvalue weighted by Crippen LogP contribution is -1.97. The highest BCUT2D eigenvalue weighted by Gasteiger charge is 2.19. The fourth-order valence-electron chi connectivity index (χ4n) is 7.98. The van der Waals surface area contributed by atoms with E-state index in [1.807, 2.05) is 41.7 Å². The van der Waals surface area contributed by atoms with Crippen LogP contribution in [0.3, 0.4) is 0 Å². The van der Waals surface area contributed by atoms with Gasteiger partial charge in [0, 0.05) is 47.6 Å². The molecular weight excluding hydrogens is 701 g/mol. The standard InChI is InChI=1S/C52H32N2OS/c1-3-14-33(15-4-1)35-18-11-19-36(28-35)37-29-38(40-22-12-24-44-42-21-8-10-27-49(42)56-51(40)44)31-39(30-37)46-32-47(54-52(53-46)34-16-5-2-6-17-34)45-25-13-23-43-41-20-7-9-26-48(41)55-50(43)45/h1-32H. The molecule has 262 valence electrons. The van der Waals surface area contributed by atoms with Gasteiger partial charge in [-0.1, -0.05) is 146 Å². The first-order valence-electron chi connectivity index (χ1n) is 18.8. The Morgan fingerprint density at radius 1 is 0.357 bits per heavy atom. The van der Waals surface area contributed by atoms with Gasteiger partial charge in [0.1, 0.15) is 11.2 Å². The summed E-state index contributed by atoms with van der Waals surface area (Å²) in [6.07, 6.45) is 0. The van der Waals surface area contributed by atoms with Crippen molar-refractivity contribution in [2.75, 3.05) is 0 Å². The van der Waals surface area contributed by atoms with Crippen molar-refractivity contribution in [2.45, 2.75) is 0 Å². The number of hydrogen-bond acceptors (Lipinski definition) is 4. The van der Waals surface area contributed by atoms with Crippen molar-refractivity contribution in [3.63, 3.8) is 0 Å². The van der Waals surface area contributed by atoms with Crippen molar-refractivity contribution >= 4 is 53.4 Å². The Kier molecular flexibility index (Phi) is 7.68. The molecule has 4 heteroatoms. The summed E-state index contributed by atoms with van der Waals surface area (Å²) >= 11 is 1.85. The van der Waals surface area contributed by atoms with Crippen LogP contribution in [0.15, 0.2) is 199 Å². The summed E-state index contributed by atoms with van der Waals surface area (Å²) in [7, 11) is 0. The lowest BCUT2D eigenvalue weighted by atomic mass is 9.92. The number of nitrogens with zero attached hydrogens (tertiary/aromatic N) is 2. The van der Waals surface area contributed by atoms with E-state index >= 15 is 0 Å². The second-order valence-electron chi connectivity index (χ2n) is 14.1. The van der Waals surface area contributed by atoms with Gasteiger partial charge in [-0.05, 0) is 81.9 Å². The maximum Gasteiger partial charge on any atom is 0.160 e. The number of hydrogen-bond donors (Lipinski definition) is 0. The molecule has 0 saturated heterocycles. The second kappa shape index (κ2) is 13.3. The maximum absolute atomic E-state index is 6.54. The summed E-state index contributed by atoms with van der Waals surface area (Å²) in [5.41, 5.74) is 13.2. The first-order valence-corrected chi connectivity index (χ1v) is 19.6. The predicted octanol–water partition coefficient (Wildman–Crippen LogP) is 14.7. The van der Waals surface area contributed by atoms with E-state index < -0.39 is 0 Å². The number of para-hydroxylation sites is 2. The quantitative estimate of drug-likeness (QED) is 0.171. The van der Waals surface area contributed by atoms with E-state index in [4.69, 9.17) is 14.4 Å². The molecule has 0 N–H and O–H groups in total. The van der Waals surface area contributed by atoms with E-state index in [1.54, 1.807) is 0 Å². The zero-order chi connectivity index (χ0) is 37.0. The third-order valence-corrected chi connectivity index (χ3v) is 11.9. The second-order valence-corrected chi connectivity index (χ2v) is 15.2. The highest BCUT2D eigenvalue weighted by atomic mass is 32.1.